The van der Waals surface area contributed by atoms with Crippen LogP contribution in [-0.2, 0) is 9.53 Å². The van der Waals surface area contributed by atoms with Gasteiger partial charge in [0, 0.05) is 22.3 Å². The molecule has 3 heterocycles. The zero-order chi connectivity index (χ0) is 16.4. The molecule has 6 heteroatoms. The van der Waals surface area contributed by atoms with Crippen molar-refractivity contribution in [2.24, 2.45) is 0 Å². The molecule has 2 aromatic heterocycles. The summed E-state index contributed by atoms with van der Waals surface area (Å²) < 4.78 is 5.35. The van der Waals surface area contributed by atoms with E-state index in [-0.39, 0.29) is 11.9 Å². The topological polar surface area (TPSA) is 67.0 Å². The van der Waals surface area contributed by atoms with Crippen molar-refractivity contribution in [2.45, 2.75) is 39.5 Å². The van der Waals surface area contributed by atoms with Crippen LogP contribution in [0.5, 0.6) is 0 Å². The Morgan fingerprint density at radius 2 is 2.26 bits per heavy atom. The van der Waals surface area contributed by atoms with E-state index in [0.29, 0.717) is 12.2 Å². The van der Waals surface area contributed by atoms with Gasteiger partial charge in [0.25, 0.3) is 0 Å². The summed E-state index contributed by atoms with van der Waals surface area (Å²) in [5.41, 5.74) is 3.82. The molecule has 1 aliphatic heterocycles. The highest BCUT2D eigenvalue weighted by molar-refractivity contribution is 7.10. The molecular weight excluding hydrogens is 310 g/mol. The Balaban J connectivity index is 2.17. The van der Waals surface area contributed by atoms with E-state index in [1.807, 2.05) is 13.1 Å². The van der Waals surface area contributed by atoms with E-state index in [1.165, 1.54) is 10.4 Å². The van der Waals surface area contributed by atoms with Gasteiger partial charge in [-0.2, -0.15) is 5.10 Å². The van der Waals surface area contributed by atoms with E-state index < -0.39 is 0 Å². The molecule has 1 aliphatic rings. The number of rotatable bonds is 5. The van der Waals surface area contributed by atoms with Crippen molar-refractivity contribution in [3.05, 3.63) is 44.9 Å². The van der Waals surface area contributed by atoms with Crippen LogP contribution in [0, 0.1) is 6.92 Å². The molecule has 0 aliphatic carbocycles. The molecule has 0 amide bonds. The summed E-state index contributed by atoms with van der Waals surface area (Å²) in [4.78, 5) is 13.9. The SMILES string of the molecule is CCCC1=C(C(=O)OCC)C(c2sccc2C)c2c[nH]nc2N1. The van der Waals surface area contributed by atoms with Crippen LogP contribution in [0.1, 0.15) is 48.6 Å². The number of carbonyl (C=O) groups is 1. The molecule has 2 aromatic rings. The van der Waals surface area contributed by atoms with Crippen LogP contribution in [-0.4, -0.2) is 22.8 Å². The fraction of sp³-hybridized carbons (Fsp3) is 0.412. The number of nitrogens with zero attached hydrogens (tertiary/aromatic N) is 1. The molecule has 0 radical (unpaired) electrons. The Bertz CT molecular complexity index is 745. The fourth-order valence-corrected chi connectivity index (χ4v) is 4.06. The minimum absolute atomic E-state index is 0.120. The maximum Gasteiger partial charge on any atom is 0.336 e. The zero-order valence-corrected chi connectivity index (χ0v) is 14.4. The van der Waals surface area contributed by atoms with Gasteiger partial charge in [0.1, 0.15) is 0 Å². The van der Waals surface area contributed by atoms with Gasteiger partial charge in [0.2, 0.25) is 0 Å². The number of esters is 1. The number of fused-ring (bicyclic) bond motifs is 1. The first-order valence-corrected chi connectivity index (χ1v) is 8.80. The number of hydrogen-bond acceptors (Lipinski definition) is 5. The van der Waals surface area contributed by atoms with Crippen molar-refractivity contribution in [3.63, 3.8) is 0 Å². The van der Waals surface area contributed by atoms with Gasteiger partial charge in [-0.1, -0.05) is 13.3 Å². The Kier molecular flexibility index (Phi) is 4.52. The average Bonchev–Trinajstić information content (AvgIpc) is 3.15. The van der Waals surface area contributed by atoms with E-state index in [1.54, 1.807) is 11.3 Å². The number of aromatic amines is 1. The van der Waals surface area contributed by atoms with Crippen LogP contribution in [0.4, 0.5) is 5.82 Å². The normalized spacial score (nSPS) is 16.9. The highest BCUT2D eigenvalue weighted by Crippen LogP contribution is 2.44. The number of carbonyl (C=O) groups excluding carboxylic acids is 1. The summed E-state index contributed by atoms with van der Waals surface area (Å²) in [5.74, 6) is 0.443. The second kappa shape index (κ2) is 6.58. The fourth-order valence-electron chi connectivity index (χ4n) is 3.01. The quantitative estimate of drug-likeness (QED) is 0.814. The van der Waals surface area contributed by atoms with Gasteiger partial charge in [-0.25, -0.2) is 4.79 Å². The number of allylic oxidation sites excluding steroid dienone is 1. The van der Waals surface area contributed by atoms with Gasteiger partial charge in [-0.15, -0.1) is 11.3 Å². The molecule has 2 N–H and O–H groups in total. The Labute approximate surface area is 139 Å². The van der Waals surface area contributed by atoms with Crippen molar-refractivity contribution >= 4 is 23.1 Å². The summed E-state index contributed by atoms with van der Waals surface area (Å²) in [6.07, 6.45) is 3.61. The zero-order valence-electron chi connectivity index (χ0n) is 13.6. The number of anilines is 1. The lowest BCUT2D eigenvalue weighted by atomic mass is 9.85. The first-order chi connectivity index (χ1) is 11.2. The molecule has 1 unspecified atom stereocenters. The first-order valence-electron chi connectivity index (χ1n) is 7.92. The second-order valence-corrected chi connectivity index (χ2v) is 6.53. The molecule has 5 nitrogen and oxygen atoms in total. The number of thiophene rings is 1. The molecule has 1 atom stereocenters. The van der Waals surface area contributed by atoms with Gasteiger partial charge in [0.05, 0.1) is 18.1 Å². The molecule has 0 saturated heterocycles. The predicted octanol–water partition coefficient (Wildman–Crippen LogP) is 3.95. The molecule has 23 heavy (non-hydrogen) atoms. The molecule has 0 aromatic carbocycles. The maximum atomic E-state index is 12.7. The van der Waals surface area contributed by atoms with E-state index in [0.717, 1.165) is 29.9 Å². The monoisotopic (exact) mass is 331 g/mol. The standard InChI is InChI=1S/C17H21N3O2S/c1-4-6-12-14(17(21)22-5-2)13(15-10(3)7-8-23-15)11-9-18-20-16(11)19-12/h7-9,13H,4-6H2,1-3H3,(H2,18,19,20). The minimum Gasteiger partial charge on any atom is -0.463 e. The predicted molar refractivity (Wildman–Crippen MR) is 91.7 cm³/mol. The van der Waals surface area contributed by atoms with E-state index >= 15 is 0 Å². The van der Waals surface area contributed by atoms with Crippen molar-refractivity contribution in [2.75, 3.05) is 11.9 Å². The molecule has 0 bridgehead atoms. The lowest BCUT2D eigenvalue weighted by Gasteiger charge is -2.28. The lowest BCUT2D eigenvalue weighted by molar-refractivity contribution is -0.138. The molecule has 0 fully saturated rings. The number of aromatic nitrogens is 2. The highest BCUT2D eigenvalue weighted by Gasteiger charge is 2.36. The second-order valence-electron chi connectivity index (χ2n) is 5.58. The largest absolute Gasteiger partial charge is 0.463 e. The van der Waals surface area contributed by atoms with Gasteiger partial charge in [-0.3, -0.25) is 5.10 Å². The average molecular weight is 331 g/mol. The lowest BCUT2D eigenvalue weighted by Crippen LogP contribution is -2.25. The molecule has 3 rings (SSSR count). The molecule has 0 spiro atoms. The van der Waals surface area contributed by atoms with Crippen LogP contribution in [0.15, 0.2) is 28.9 Å². The first kappa shape index (κ1) is 15.8. The summed E-state index contributed by atoms with van der Waals surface area (Å²) in [7, 11) is 0. The van der Waals surface area contributed by atoms with Crippen LogP contribution in [0.3, 0.4) is 0 Å². The van der Waals surface area contributed by atoms with Crippen molar-refractivity contribution in [1.29, 1.82) is 0 Å². The highest BCUT2D eigenvalue weighted by atomic mass is 32.1. The van der Waals surface area contributed by atoms with E-state index in [9.17, 15) is 4.79 Å². The molecule has 122 valence electrons. The van der Waals surface area contributed by atoms with Crippen molar-refractivity contribution in [3.8, 4) is 0 Å². The van der Waals surface area contributed by atoms with Crippen LogP contribution in [0.2, 0.25) is 0 Å². The number of nitrogens with one attached hydrogen (secondary N) is 2. The third-order valence-electron chi connectivity index (χ3n) is 4.02. The third-order valence-corrected chi connectivity index (χ3v) is 5.11. The number of hydrogen-bond donors (Lipinski definition) is 2. The van der Waals surface area contributed by atoms with Gasteiger partial charge in [0.15, 0.2) is 5.82 Å². The van der Waals surface area contributed by atoms with Crippen LogP contribution < -0.4 is 5.32 Å². The minimum atomic E-state index is -0.242. The summed E-state index contributed by atoms with van der Waals surface area (Å²) in [6.45, 7) is 6.39. The maximum absolute atomic E-state index is 12.7. The van der Waals surface area contributed by atoms with Gasteiger partial charge in [-0.05, 0) is 37.3 Å². The van der Waals surface area contributed by atoms with Crippen molar-refractivity contribution in [1.82, 2.24) is 10.2 Å². The third kappa shape index (κ3) is 2.79. The number of ether oxygens (including phenoxy) is 1. The van der Waals surface area contributed by atoms with Crippen molar-refractivity contribution < 1.29 is 9.53 Å². The molecular formula is C17H21N3O2S. The van der Waals surface area contributed by atoms with Crippen LogP contribution >= 0.6 is 11.3 Å². The number of H-pyrrole nitrogens is 1. The summed E-state index contributed by atoms with van der Waals surface area (Å²) in [5, 5.41) is 12.6. The van der Waals surface area contributed by atoms with E-state index in [2.05, 4.69) is 40.8 Å². The Morgan fingerprint density at radius 1 is 1.43 bits per heavy atom. The number of aryl methyl sites for hydroxylation is 1. The smallest absolute Gasteiger partial charge is 0.336 e. The van der Waals surface area contributed by atoms with Crippen LogP contribution in [0.25, 0.3) is 0 Å². The van der Waals surface area contributed by atoms with Gasteiger partial charge < -0.3 is 10.1 Å². The summed E-state index contributed by atoms with van der Waals surface area (Å²) in [6, 6.07) is 2.09. The van der Waals surface area contributed by atoms with Gasteiger partial charge >= 0.3 is 5.97 Å². The Hall–Kier alpha value is -2.08. The van der Waals surface area contributed by atoms with E-state index in [4.69, 9.17) is 4.74 Å². The summed E-state index contributed by atoms with van der Waals surface area (Å²) >= 11 is 1.67. The Morgan fingerprint density at radius 3 is 2.91 bits per heavy atom. The molecule has 0 saturated carbocycles.